The first-order chi connectivity index (χ1) is 9.75. The zero-order valence-corrected chi connectivity index (χ0v) is 11.9. The van der Waals surface area contributed by atoms with Gasteiger partial charge in [0.15, 0.2) is 0 Å². The summed E-state index contributed by atoms with van der Waals surface area (Å²) in [7, 11) is 0. The second-order valence-corrected chi connectivity index (χ2v) is 6.02. The highest BCUT2D eigenvalue weighted by Crippen LogP contribution is 2.43. The van der Waals surface area contributed by atoms with E-state index < -0.39 is 0 Å². The summed E-state index contributed by atoms with van der Waals surface area (Å²) in [5, 5.41) is 23.4. The summed E-state index contributed by atoms with van der Waals surface area (Å²) in [5.74, 6) is 1.16. The van der Waals surface area contributed by atoms with Gasteiger partial charge in [0.25, 0.3) is 0 Å². The molecular formula is C16H24N2O2. The molecule has 1 heterocycles. The van der Waals surface area contributed by atoms with Crippen molar-refractivity contribution in [1.82, 2.24) is 10.2 Å². The Balaban J connectivity index is 1.92. The second-order valence-electron chi connectivity index (χ2n) is 6.02. The summed E-state index contributed by atoms with van der Waals surface area (Å²) < 4.78 is 0. The molecule has 2 fully saturated rings. The molecule has 1 aromatic carbocycles. The molecule has 4 heteroatoms. The monoisotopic (exact) mass is 276 g/mol. The molecule has 4 nitrogen and oxygen atoms in total. The fourth-order valence-corrected chi connectivity index (χ4v) is 3.76. The van der Waals surface area contributed by atoms with Crippen LogP contribution < -0.4 is 5.32 Å². The summed E-state index contributed by atoms with van der Waals surface area (Å²) in [6.45, 7) is 4.03. The molecule has 0 unspecified atom stereocenters. The van der Waals surface area contributed by atoms with Crippen molar-refractivity contribution in [3.8, 4) is 11.5 Å². The van der Waals surface area contributed by atoms with Crippen LogP contribution in [0.25, 0.3) is 0 Å². The van der Waals surface area contributed by atoms with Gasteiger partial charge in [0.1, 0.15) is 11.5 Å². The topological polar surface area (TPSA) is 55.7 Å². The Labute approximate surface area is 120 Å². The molecule has 20 heavy (non-hydrogen) atoms. The Morgan fingerprint density at radius 2 is 1.80 bits per heavy atom. The first kappa shape index (κ1) is 13.7. The lowest BCUT2D eigenvalue weighted by Crippen LogP contribution is -2.46. The van der Waals surface area contributed by atoms with Gasteiger partial charge in [-0.25, -0.2) is 0 Å². The van der Waals surface area contributed by atoms with Gasteiger partial charge < -0.3 is 15.5 Å². The minimum atomic E-state index is 0.242. The first-order valence-corrected chi connectivity index (χ1v) is 7.72. The number of piperazine rings is 1. The summed E-state index contributed by atoms with van der Waals surface area (Å²) in [4.78, 5) is 2.47. The van der Waals surface area contributed by atoms with Crippen molar-refractivity contribution in [2.24, 2.45) is 5.92 Å². The largest absolute Gasteiger partial charge is 0.508 e. The quantitative estimate of drug-likeness (QED) is 0.741. The third-order valence-corrected chi connectivity index (χ3v) is 4.72. The molecule has 0 bridgehead atoms. The van der Waals surface area contributed by atoms with E-state index in [1.165, 1.54) is 25.7 Å². The van der Waals surface area contributed by atoms with Crippen LogP contribution in [0.4, 0.5) is 0 Å². The number of benzene rings is 1. The second kappa shape index (κ2) is 6.02. The summed E-state index contributed by atoms with van der Waals surface area (Å²) in [5.41, 5.74) is 0.902. The van der Waals surface area contributed by atoms with Crippen LogP contribution in [0.2, 0.25) is 0 Å². The SMILES string of the molecule is Oc1ccc(O)c([C@H](C2CCCC2)N2CCNCC2)c1. The van der Waals surface area contributed by atoms with Crippen molar-refractivity contribution in [1.29, 1.82) is 0 Å². The maximum Gasteiger partial charge on any atom is 0.120 e. The first-order valence-electron chi connectivity index (χ1n) is 7.72. The number of phenols is 2. The molecule has 1 saturated carbocycles. The van der Waals surface area contributed by atoms with Crippen molar-refractivity contribution in [2.45, 2.75) is 31.7 Å². The van der Waals surface area contributed by atoms with Crippen LogP contribution in [-0.4, -0.2) is 41.3 Å². The molecule has 0 radical (unpaired) electrons. The zero-order chi connectivity index (χ0) is 13.9. The Bertz CT molecular complexity index is 452. The highest BCUT2D eigenvalue weighted by Gasteiger charge is 2.33. The molecule has 1 aromatic rings. The predicted octanol–water partition coefficient (Wildman–Crippen LogP) is 2.23. The van der Waals surface area contributed by atoms with E-state index in [0.29, 0.717) is 11.7 Å². The van der Waals surface area contributed by atoms with E-state index in [-0.39, 0.29) is 11.8 Å². The van der Waals surface area contributed by atoms with E-state index >= 15 is 0 Å². The van der Waals surface area contributed by atoms with Crippen LogP contribution in [0.5, 0.6) is 11.5 Å². The van der Waals surface area contributed by atoms with Crippen molar-refractivity contribution in [2.75, 3.05) is 26.2 Å². The number of nitrogens with zero attached hydrogens (tertiary/aromatic N) is 1. The number of aromatic hydroxyl groups is 2. The predicted molar refractivity (Wildman–Crippen MR) is 78.9 cm³/mol. The highest BCUT2D eigenvalue weighted by atomic mass is 16.3. The van der Waals surface area contributed by atoms with E-state index in [0.717, 1.165) is 31.7 Å². The van der Waals surface area contributed by atoms with Gasteiger partial charge in [-0.15, -0.1) is 0 Å². The van der Waals surface area contributed by atoms with Crippen LogP contribution in [-0.2, 0) is 0 Å². The van der Waals surface area contributed by atoms with Gasteiger partial charge in [-0.2, -0.15) is 0 Å². The van der Waals surface area contributed by atoms with E-state index in [1.807, 2.05) is 0 Å². The van der Waals surface area contributed by atoms with Gasteiger partial charge in [0.05, 0.1) is 0 Å². The van der Waals surface area contributed by atoms with Crippen LogP contribution in [0.15, 0.2) is 18.2 Å². The number of nitrogens with one attached hydrogen (secondary N) is 1. The normalized spacial score (nSPS) is 23.0. The van der Waals surface area contributed by atoms with Crippen LogP contribution >= 0.6 is 0 Å². The van der Waals surface area contributed by atoms with E-state index in [9.17, 15) is 10.2 Å². The fraction of sp³-hybridized carbons (Fsp3) is 0.625. The number of phenolic OH excluding ortho intramolecular Hbond substituents is 2. The Morgan fingerprint density at radius 3 is 2.50 bits per heavy atom. The Morgan fingerprint density at radius 1 is 1.10 bits per heavy atom. The molecule has 0 spiro atoms. The van der Waals surface area contributed by atoms with Crippen molar-refractivity contribution >= 4 is 0 Å². The van der Waals surface area contributed by atoms with Crippen molar-refractivity contribution < 1.29 is 10.2 Å². The zero-order valence-electron chi connectivity index (χ0n) is 11.9. The van der Waals surface area contributed by atoms with Gasteiger partial charge in [-0.05, 0) is 37.0 Å². The van der Waals surface area contributed by atoms with Gasteiger partial charge >= 0.3 is 0 Å². The van der Waals surface area contributed by atoms with Crippen LogP contribution in [0.3, 0.4) is 0 Å². The third kappa shape index (κ3) is 2.76. The summed E-state index contributed by atoms with van der Waals surface area (Å²) in [6, 6.07) is 5.17. The molecule has 0 amide bonds. The van der Waals surface area contributed by atoms with Gasteiger partial charge in [-0.1, -0.05) is 12.8 Å². The summed E-state index contributed by atoms with van der Waals surface area (Å²) >= 11 is 0. The molecule has 3 N–H and O–H groups in total. The van der Waals surface area contributed by atoms with Crippen molar-refractivity contribution in [3.05, 3.63) is 23.8 Å². The minimum absolute atomic E-state index is 0.242. The van der Waals surface area contributed by atoms with E-state index in [1.54, 1.807) is 18.2 Å². The lowest BCUT2D eigenvalue weighted by atomic mass is 9.89. The molecule has 1 atom stereocenters. The lowest BCUT2D eigenvalue weighted by Gasteiger charge is -2.38. The Hall–Kier alpha value is -1.26. The van der Waals surface area contributed by atoms with Gasteiger partial charge in [0, 0.05) is 37.8 Å². The number of hydrogen-bond donors (Lipinski definition) is 3. The maximum absolute atomic E-state index is 10.2. The molecule has 110 valence electrons. The molecule has 3 rings (SSSR count). The molecule has 1 aliphatic heterocycles. The summed E-state index contributed by atoms with van der Waals surface area (Å²) in [6.07, 6.45) is 5.02. The highest BCUT2D eigenvalue weighted by molar-refractivity contribution is 5.41. The van der Waals surface area contributed by atoms with Gasteiger partial charge in [-0.3, -0.25) is 4.90 Å². The van der Waals surface area contributed by atoms with Gasteiger partial charge in [0.2, 0.25) is 0 Å². The molecular weight excluding hydrogens is 252 g/mol. The number of hydrogen-bond acceptors (Lipinski definition) is 4. The smallest absolute Gasteiger partial charge is 0.120 e. The standard InChI is InChI=1S/C16H24N2O2/c19-13-5-6-15(20)14(11-13)16(12-3-1-2-4-12)18-9-7-17-8-10-18/h5-6,11-12,16-17,19-20H,1-4,7-10H2/t16-/m0/s1. The Kier molecular flexibility index (Phi) is 4.13. The van der Waals surface area contributed by atoms with Crippen LogP contribution in [0.1, 0.15) is 37.3 Å². The fourth-order valence-electron chi connectivity index (χ4n) is 3.76. The minimum Gasteiger partial charge on any atom is -0.508 e. The van der Waals surface area contributed by atoms with E-state index in [2.05, 4.69) is 10.2 Å². The molecule has 1 saturated heterocycles. The molecule has 1 aliphatic carbocycles. The maximum atomic E-state index is 10.2. The molecule has 2 aliphatic rings. The van der Waals surface area contributed by atoms with E-state index in [4.69, 9.17) is 0 Å². The lowest BCUT2D eigenvalue weighted by molar-refractivity contribution is 0.123. The molecule has 0 aromatic heterocycles. The third-order valence-electron chi connectivity index (χ3n) is 4.72. The average molecular weight is 276 g/mol. The van der Waals surface area contributed by atoms with Crippen molar-refractivity contribution in [3.63, 3.8) is 0 Å². The average Bonchev–Trinajstić information content (AvgIpc) is 2.98. The van der Waals surface area contributed by atoms with Crippen LogP contribution in [0, 0.1) is 5.92 Å². The number of rotatable bonds is 3.